The van der Waals surface area contributed by atoms with Crippen molar-refractivity contribution in [2.24, 2.45) is 20.0 Å². The minimum Gasteiger partial charge on any atom is -0.744 e. The minimum absolute atomic E-state index is 0. The summed E-state index contributed by atoms with van der Waals surface area (Å²) in [5.74, 6) is -4.50. The van der Waals surface area contributed by atoms with E-state index in [0.29, 0.717) is 48.5 Å². The first-order valence-electron chi connectivity index (χ1n) is 19.2. The number of aliphatic carboxylic acids is 2. The second-order valence-corrected chi connectivity index (χ2v) is 22.5. The number of hydrogen-bond donors (Lipinski definition) is 5. The van der Waals surface area contributed by atoms with Crippen LogP contribution in [0.15, 0.2) is 128 Å². The fourth-order valence-corrected chi connectivity index (χ4v) is 9.62. The molecule has 0 amide bonds. The van der Waals surface area contributed by atoms with Gasteiger partial charge in [-0.2, -0.15) is 0 Å². The smallest absolute Gasteiger partial charge is 0.744 e. The number of nitrogens with zero attached hydrogens (tertiary/aromatic N) is 6. The number of rotatable bonds is 17. The molecule has 0 aliphatic heterocycles. The summed E-state index contributed by atoms with van der Waals surface area (Å²) in [6.07, 6.45) is 1.24. The van der Waals surface area contributed by atoms with Gasteiger partial charge in [0.05, 0.1) is 64.1 Å². The molecule has 0 spiro atoms. The average Bonchev–Trinajstić information content (AvgIpc) is 3.26. The van der Waals surface area contributed by atoms with Crippen molar-refractivity contribution in [1.82, 2.24) is 29.9 Å². The van der Waals surface area contributed by atoms with Crippen LogP contribution in [0.5, 0.6) is 0 Å². The molecule has 0 saturated heterocycles. The molecule has 83 heavy (non-hydrogen) atoms. The van der Waals surface area contributed by atoms with Crippen LogP contribution in [-0.2, 0) is 70.3 Å². The van der Waals surface area contributed by atoms with Gasteiger partial charge in [-0.1, -0.05) is 24.3 Å². The van der Waals surface area contributed by atoms with Gasteiger partial charge in [0.1, 0.15) is 67.0 Å². The summed E-state index contributed by atoms with van der Waals surface area (Å²) in [4.78, 5) is 48.7. The summed E-state index contributed by atoms with van der Waals surface area (Å²) in [6.45, 7) is 0. The molecule has 6 rings (SSSR count). The molecule has 2 heterocycles. The third-order valence-corrected chi connectivity index (χ3v) is 14.4. The second-order valence-electron chi connectivity index (χ2n) is 14.4. The van der Waals surface area contributed by atoms with Gasteiger partial charge in [0.25, 0.3) is 0 Å². The van der Waals surface area contributed by atoms with E-state index in [1.807, 2.05) is 0 Å². The van der Waals surface area contributed by atoms with E-state index in [4.69, 9.17) is 0 Å². The molecule has 1 atom stereocenters. The number of carbonyl (C=O) groups is 2. The fraction of sp³-hybridized carbons (Fsp3) is 0.0556. The number of hydrogen-bond acceptors (Lipinski definition) is 29. The quantitative estimate of drug-likeness (QED) is 0.0322. The number of aromatic amines is 4. The van der Waals surface area contributed by atoms with Crippen LogP contribution in [0.25, 0.3) is 12.2 Å². The van der Waals surface area contributed by atoms with Crippen LogP contribution in [-0.4, -0.2) is 126 Å². The molecule has 0 aliphatic rings. The van der Waals surface area contributed by atoms with Gasteiger partial charge >= 0.3 is 236 Å². The Bertz CT molecular complexity index is 4440. The molecule has 2 aromatic heterocycles. The van der Waals surface area contributed by atoms with Crippen molar-refractivity contribution < 1.29 is 334 Å². The molecule has 0 radical (unpaired) electrons. The van der Waals surface area contributed by atoms with E-state index in [-0.39, 0.29) is 242 Å². The van der Waals surface area contributed by atoms with E-state index in [1.165, 1.54) is 0 Å². The van der Waals surface area contributed by atoms with Crippen LogP contribution in [0.1, 0.15) is 17.5 Å². The van der Waals surface area contributed by atoms with E-state index >= 15 is 0 Å². The first kappa shape index (κ1) is 87.2. The first-order chi connectivity index (χ1) is 34.5. The minimum atomic E-state index is -5.52. The Morgan fingerprint density at radius 2 is 0.928 bits per heavy atom. The van der Waals surface area contributed by atoms with E-state index in [2.05, 4.69) is 55.2 Å². The Morgan fingerprint density at radius 1 is 0.494 bits per heavy atom. The fourth-order valence-electron chi connectivity index (χ4n) is 6.04. The number of aromatic nitrogens is 6. The van der Waals surface area contributed by atoms with Crippen molar-refractivity contribution in [1.29, 1.82) is 0 Å². The average molecular weight is 1340 g/mol. The zero-order valence-electron chi connectivity index (χ0n) is 44.1. The van der Waals surface area contributed by atoms with Crippen molar-refractivity contribution >= 4 is 113 Å². The maximum absolute atomic E-state index is 12.6. The summed E-state index contributed by atoms with van der Waals surface area (Å²) < 4.78 is 216. The van der Waals surface area contributed by atoms with Crippen molar-refractivity contribution in [3.05, 3.63) is 113 Å². The van der Waals surface area contributed by atoms with Crippen LogP contribution in [0.3, 0.4) is 0 Å². The van der Waals surface area contributed by atoms with Crippen LogP contribution < -0.4 is 274 Å². The molecule has 0 unspecified atom stereocenters. The maximum Gasteiger partial charge on any atom is 1.00 e. The molecule has 398 valence electrons. The Labute approximate surface area is 646 Å². The molecule has 4 aromatic carbocycles. The molecule has 6 aromatic rings. The number of carbonyl (C=O) groups excluding carboxylic acids is 2. The predicted molar refractivity (Wildman–Crippen MR) is 231 cm³/mol. The van der Waals surface area contributed by atoms with Gasteiger partial charge in [0.15, 0.2) is 0 Å². The number of anilines is 2. The number of carboxylic acid groups (broad SMARTS) is 2. The molecule has 0 fully saturated rings. The van der Waals surface area contributed by atoms with Crippen molar-refractivity contribution in [3.63, 3.8) is 0 Å². The third kappa shape index (κ3) is 25.7. The molecule has 33 nitrogen and oxygen atoms in total. The zero-order valence-corrected chi connectivity index (χ0v) is 65.0. The SMILES string of the molecule is O=C([O-])C[C@H](N=c1[nH]c(=Nc2ccc(/C=C/c3ccc(N=c4ncnc(Nc5cc(S(=O)(=O)[O-])ccc5S(=O)(=O)[O-])[nH]4)cc3S(=O)(=O)[O-])c(S(=O)(=O)[O-])c2)[nH]c(=Nc2cc(S(=O)(=O)[O-])ccc2S(=O)(=O)[O-])[nH]1)C(=O)[O-].[Na+].[Na+].[Na+].[Na+].[Na+].[Na+].[Na+].[Na+]. The number of H-pyrrole nitrogens is 4. The molecule has 0 aliphatic carbocycles. The van der Waals surface area contributed by atoms with Gasteiger partial charge in [0, 0.05) is 12.4 Å². The predicted octanol–water partition coefficient (Wildman–Crippen LogP) is -29.0. The summed E-state index contributed by atoms with van der Waals surface area (Å²) in [5.41, 5.74) is -6.23. The largest absolute Gasteiger partial charge is 1.00 e. The van der Waals surface area contributed by atoms with E-state index in [9.17, 15) is 97.6 Å². The van der Waals surface area contributed by atoms with E-state index < -0.39 is 171 Å². The van der Waals surface area contributed by atoms with E-state index in [1.54, 1.807) is 0 Å². The van der Waals surface area contributed by atoms with Crippen LogP contribution in [0.4, 0.5) is 28.7 Å². The topological polar surface area (TPSA) is 574 Å². The molecule has 0 saturated carbocycles. The van der Waals surface area contributed by atoms with Gasteiger partial charge in [-0.05, 0) is 71.8 Å². The normalized spacial score (nSPS) is 12.9. The van der Waals surface area contributed by atoms with Crippen LogP contribution >= 0.6 is 0 Å². The molecule has 5 N–H and O–H groups in total. The van der Waals surface area contributed by atoms with Gasteiger partial charge in [-0.15, -0.1) is 0 Å². The van der Waals surface area contributed by atoms with Crippen molar-refractivity contribution in [3.8, 4) is 0 Å². The Hall–Kier alpha value is 0.0400. The summed E-state index contributed by atoms with van der Waals surface area (Å²) in [5, 5.41) is 25.2. The monoisotopic (exact) mass is 1340 g/mol. The Morgan fingerprint density at radius 3 is 1.37 bits per heavy atom. The molecular weight excluding hydrogens is 1310 g/mol. The van der Waals surface area contributed by atoms with Gasteiger partial charge in [-0.25, -0.2) is 80.4 Å². The summed E-state index contributed by atoms with van der Waals surface area (Å²) >= 11 is 0. The zero-order chi connectivity index (χ0) is 55.6. The maximum atomic E-state index is 12.6. The Balaban J connectivity index is -0.00000800. The number of nitrogens with one attached hydrogen (secondary N) is 5. The Kier molecular flexibility index (Phi) is 37.4. The van der Waals surface area contributed by atoms with E-state index in [0.717, 1.165) is 42.7 Å². The van der Waals surface area contributed by atoms with Gasteiger partial charge < -0.3 is 52.4 Å². The van der Waals surface area contributed by atoms with Gasteiger partial charge in [-0.3, -0.25) is 19.9 Å². The molecular formula is C36H23N11Na8O22S6. The van der Waals surface area contributed by atoms with Crippen molar-refractivity contribution in [2.45, 2.75) is 41.8 Å². The van der Waals surface area contributed by atoms with Crippen LogP contribution in [0, 0.1) is 0 Å². The molecule has 0 bridgehead atoms. The molecule has 47 heteroatoms. The first-order valence-corrected chi connectivity index (χ1v) is 27.7. The summed E-state index contributed by atoms with van der Waals surface area (Å²) in [7, 11) is -32.2. The second kappa shape index (κ2) is 35.6. The van der Waals surface area contributed by atoms with Crippen LogP contribution in [0.2, 0.25) is 0 Å². The third-order valence-electron chi connectivity index (χ3n) is 9.16. The number of carboxylic acids is 2. The summed E-state index contributed by atoms with van der Waals surface area (Å²) in [6, 6.07) is 6.00. The van der Waals surface area contributed by atoms with Gasteiger partial charge in [0.2, 0.25) is 28.4 Å². The standard InChI is InChI=1S/C36H31N11O22S6.8Na/c48-30(49)15-25(31(50)51)43-36-46-34(45-35(47-36)42-24-14-22(71(55,56)57)8-10-27(24)73(61,62)63)40-20-6-4-18(29(12-20)75(67,68)69)2-1-17-3-5-19(11-28(17)74(64,65)66)39-32-37-16-38-33(44-32)41-23-13-21(70(52,53)54)7-9-26(23)72(58,59)60;;;;;;;;/h1-14,16,25H,15H2,(H,48,49)(H,50,51)(H,52,53,54)(H,55,56,57)(H,58,59,60)(H,61,62,63)(H,64,65,66)(H,67,68,69)(H2,37,38,39,41,44)(H3,40,42,43,45,46,47);;;;;;;;/q;8*+1/p-8/b2-1+;;;;;;;;/t25-;;;;;;;;/m0......../s1. The van der Waals surface area contributed by atoms with Crippen molar-refractivity contribution in [2.75, 3.05) is 5.32 Å². The number of benzene rings is 4.